The van der Waals surface area contributed by atoms with E-state index in [1.165, 1.54) is 13.4 Å². The second-order valence-electron chi connectivity index (χ2n) is 3.51. The smallest absolute Gasteiger partial charge is 0.145 e. The molecular formula is C11H14N4O2. The van der Waals surface area contributed by atoms with Crippen LogP contribution in [-0.2, 0) is 16.8 Å². The molecule has 0 spiro atoms. The summed E-state index contributed by atoms with van der Waals surface area (Å²) in [4.78, 5) is 17.4. The third-order valence-corrected chi connectivity index (χ3v) is 2.39. The lowest BCUT2D eigenvalue weighted by molar-refractivity contribution is -0.263. The van der Waals surface area contributed by atoms with Gasteiger partial charge in [0.2, 0.25) is 0 Å². The standard InChI is InChI=1S/C11H14N4O2/c1-15-6-8(4-3-5-17-16-2)9-10(12)13-7-14-11(9)15/h3-4,6-7H,5H2,1-2H3,(H2,12,13,14)/b4-3+. The van der Waals surface area contributed by atoms with Gasteiger partial charge in [0.1, 0.15) is 24.4 Å². The first-order chi connectivity index (χ1) is 8.24. The maximum Gasteiger partial charge on any atom is 0.145 e. The van der Waals surface area contributed by atoms with Gasteiger partial charge in [0.05, 0.1) is 12.5 Å². The Bertz CT molecular complexity index is 548. The molecule has 0 amide bonds. The summed E-state index contributed by atoms with van der Waals surface area (Å²) < 4.78 is 1.91. The molecule has 2 rings (SSSR count). The quantitative estimate of drug-likeness (QED) is 0.488. The molecule has 2 aromatic rings. The average Bonchev–Trinajstić information content (AvgIpc) is 2.64. The molecule has 0 saturated carbocycles. The largest absolute Gasteiger partial charge is 0.383 e. The van der Waals surface area contributed by atoms with Crippen molar-refractivity contribution in [1.82, 2.24) is 14.5 Å². The molecular weight excluding hydrogens is 220 g/mol. The summed E-state index contributed by atoms with van der Waals surface area (Å²) in [5, 5.41) is 0.851. The van der Waals surface area contributed by atoms with E-state index in [0.29, 0.717) is 12.4 Å². The zero-order valence-electron chi connectivity index (χ0n) is 9.75. The van der Waals surface area contributed by atoms with Crippen LogP contribution in [0, 0.1) is 0 Å². The van der Waals surface area contributed by atoms with E-state index in [1.54, 1.807) is 0 Å². The highest BCUT2D eigenvalue weighted by Gasteiger charge is 2.08. The average molecular weight is 234 g/mol. The molecule has 2 N–H and O–H groups in total. The molecule has 0 saturated heterocycles. The molecule has 0 fully saturated rings. The Kier molecular flexibility index (Phi) is 3.36. The van der Waals surface area contributed by atoms with Crippen molar-refractivity contribution in [2.24, 2.45) is 7.05 Å². The second-order valence-corrected chi connectivity index (χ2v) is 3.51. The topological polar surface area (TPSA) is 75.2 Å². The first kappa shape index (κ1) is 11.6. The highest BCUT2D eigenvalue weighted by atomic mass is 17.2. The third kappa shape index (κ3) is 2.27. The Labute approximate surface area is 98.6 Å². The van der Waals surface area contributed by atoms with Crippen molar-refractivity contribution in [3.05, 3.63) is 24.2 Å². The summed E-state index contributed by atoms with van der Waals surface area (Å²) in [6, 6.07) is 0. The number of hydrogen-bond acceptors (Lipinski definition) is 5. The van der Waals surface area contributed by atoms with Crippen LogP contribution in [0.2, 0.25) is 0 Å². The zero-order chi connectivity index (χ0) is 12.3. The number of hydrogen-bond donors (Lipinski definition) is 1. The minimum absolute atomic E-state index is 0.375. The molecule has 17 heavy (non-hydrogen) atoms. The maximum atomic E-state index is 5.85. The van der Waals surface area contributed by atoms with Crippen LogP contribution in [0.15, 0.2) is 18.6 Å². The fourth-order valence-corrected chi connectivity index (χ4v) is 1.68. The number of nitrogen functional groups attached to an aromatic ring is 1. The normalized spacial score (nSPS) is 11.6. The molecule has 0 bridgehead atoms. The van der Waals surface area contributed by atoms with E-state index in [-0.39, 0.29) is 0 Å². The molecule has 0 aliphatic heterocycles. The van der Waals surface area contributed by atoms with E-state index in [2.05, 4.69) is 14.9 Å². The van der Waals surface area contributed by atoms with Crippen molar-refractivity contribution in [3.63, 3.8) is 0 Å². The van der Waals surface area contributed by atoms with Gasteiger partial charge in [-0.25, -0.2) is 19.7 Å². The van der Waals surface area contributed by atoms with Crippen molar-refractivity contribution >= 4 is 22.9 Å². The minimum atomic E-state index is 0.375. The Morgan fingerprint density at radius 3 is 3.06 bits per heavy atom. The molecule has 0 atom stereocenters. The molecule has 2 aromatic heterocycles. The van der Waals surface area contributed by atoms with Crippen molar-refractivity contribution in [2.45, 2.75) is 0 Å². The fraction of sp³-hybridized carbons (Fsp3) is 0.273. The summed E-state index contributed by atoms with van der Waals surface area (Å²) >= 11 is 0. The number of nitrogens with two attached hydrogens (primary N) is 1. The molecule has 2 heterocycles. The number of anilines is 1. The lowest BCUT2D eigenvalue weighted by Crippen LogP contribution is -1.94. The van der Waals surface area contributed by atoms with Crippen LogP contribution in [0.25, 0.3) is 17.1 Å². The van der Waals surface area contributed by atoms with Crippen molar-refractivity contribution in [3.8, 4) is 0 Å². The molecule has 6 nitrogen and oxygen atoms in total. The molecule has 6 heteroatoms. The monoisotopic (exact) mass is 234 g/mol. The fourth-order valence-electron chi connectivity index (χ4n) is 1.68. The number of nitrogens with zero attached hydrogens (tertiary/aromatic N) is 3. The van der Waals surface area contributed by atoms with E-state index in [4.69, 9.17) is 10.6 Å². The predicted octanol–water partition coefficient (Wildman–Crippen LogP) is 1.14. The van der Waals surface area contributed by atoms with Crippen molar-refractivity contribution in [2.75, 3.05) is 19.5 Å². The van der Waals surface area contributed by atoms with Gasteiger partial charge < -0.3 is 10.3 Å². The van der Waals surface area contributed by atoms with Crippen LogP contribution < -0.4 is 5.73 Å². The third-order valence-electron chi connectivity index (χ3n) is 2.39. The minimum Gasteiger partial charge on any atom is -0.383 e. The van der Waals surface area contributed by atoms with Crippen LogP contribution in [0.4, 0.5) is 5.82 Å². The SMILES string of the molecule is COOC/C=C/c1cn(C)c2ncnc(N)c12. The molecule has 0 radical (unpaired) electrons. The van der Waals surface area contributed by atoms with Crippen LogP contribution in [0.3, 0.4) is 0 Å². The maximum absolute atomic E-state index is 5.85. The lowest BCUT2D eigenvalue weighted by atomic mass is 10.2. The van der Waals surface area contributed by atoms with Gasteiger partial charge in [0.15, 0.2) is 0 Å². The summed E-state index contributed by atoms with van der Waals surface area (Å²) in [6.07, 6.45) is 7.14. The lowest BCUT2D eigenvalue weighted by Gasteiger charge is -1.96. The number of fused-ring (bicyclic) bond motifs is 1. The van der Waals surface area contributed by atoms with E-state index < -0.39 is 0 Å². The zero-order valence-corrected chi connectivity index (χ0v) is 9.75. The van der Waals surface area contributed by atoms with Crippen LogP contribution >= 0.6 is 0 Å². The summed E-state index contributed by atoms with van der Waals surface area (Å²) in [6.45, 7) is 0.375. The predicted molar refractivity (Wildman–Crippen MR) is 64.9 cm³/mol. The van der Waals surface area contributed by atoms with Gasteiger partial charge in [-0.15, -0.1) is 0 Å². The second kappa shape index (κ2) is 4.94. The molecule has 0 unspecified atom stereocenters. The number of aryl methyl sites for hydroxylation is 1. The van der Waals surface area contributed by atoms with Gasteiger partial charge in [0.25, 0.3) is 0 Å². The van der Waals surface area contributed by atoms with Gasteiger partial charge in [-0.05, 0) is 0 Å². The van der Waals surface area contributed by atoms with Gasteiger partial charge in [-0.3, -0.25) is 0 Å². The van der Waals surface area contributed by atoms with Crippen molar-refractivity contribution < 1.29 is 9.78 Å². The van der Waals surface area contributed by atoms with Crippen LogP contribution in [0.5, 0.6) is 0 Å². The molecule has 90 valence electrons. The summed E-state index contributed by atoms with van der Waals surface area (Å²) in [5.41, 5.74) is 7.62. The summed E-state index contributed by atoms with van der Waals surface area (Å²) in [7, 11) is 3.38. The first-order valence-corrected chi connectivity index (χ1v) is 5.11. The van der Waals surface area contributed by atoms with Crippen LogP contribution in [0.1, 0.15) is 5.56 Å². The Balaban J connectivity index is 2.37. The number of rotatable bonds is 4. The number of aromatic nitrogens is 3. The van der Waals surface area contributed by atoms with Gasteiger partial charge in [0, 0.05) is 18.8 Å². The van der Waals surface area contributed by atoms with E-state index in [1.807, 2.05) is 30.0 Å². The van der Waals surface area contributed by atoms with Crippen LogP contribution in [-0.4, -0.2) is 28.3 Å². The molecule has 0 aromatic carbocycles. The Morgan fingerprint density at radius 1 is 1.47 bits per heavy atom. The Morgan fingerprint density at radius 2 is 2.29 bits per heavy atom. The van der Waals surface area contributed by atoms with Gasteiger partial charge in [-0.1, -0.05) is 12.2 Å². The molecule has 0 aliphatic carbocycles. The van der Waals surface area contributed by atoms with Gasteiger partial charge >= 0.3 is 0 Å². The highest BCUT2D eigenvalue weighted by Crippen LogP contribution is 2.23. The highest BCUT2D eigenvalue weighted by molar-refractivity contribution is 5.94. The Hall–Kier alpha value is -1.92. The first-order valence-electron chi connectivity index (χ1n) is 5.11. The van der Waals surface area contributed by atoms with E-state index in [9.17, 15) is 0 Å². The summed E-state index contributed by atoms with van der Waals surface area (Å²) in [5.74, 6) is 0.475. The van der Waals surface area contributed by atoms with E-state index in [0.717, 1.165) is 16.6 Å². The molecule has 0 aliphatic rings. The van der Waals surface area contributed by atoms with Gasteiger partial charge in [-0.2, -0.15) is 0 Å². The van der Waals surface area contributed by atoms with E-state index >= 15 is 0 Å². The van der Waals surface area contributed by atoms with Crippen molar-refractivity contribution in [1.29, 1.82) is 0 Å².